The van der Waals surface area contributed by atoms with Crippen molar-refractivity contribution in [3.63, 3.8) is 0 Å². The zero-order valence-corrected chi connectivity index (χ0v) is 22.1. The highest BCUT2D eigenvalue weighted by molar-refractivity contribution is 14.1. The van der Waals surface area contributed by atoms with E-state index in [9.17, 15) is 13.6 Å². The molecule has 6 nitrogen and oxygen atoms in total. The van der Waals surface area contributed by atoms with E-state index in [-0.39, 0.29) is 31.8 Å². The average Bonchev–Trinajstić information content (AvgIpc) is 3.62. The van der Waals surface area contributed by atoms with Gasteiger partial charge in [-0.25, -0.2) is 18.7 Å². The van der Waals surface area contributed by atoms with Crippen molar-refractivity contribution >= 4 is 56.7 Å². The van der Waals surface area contributed by atoms with Crippen molar-refractivity contribution in [2.45, 2.75) is 44.4 Å². The van der Waals surface area contributed by atoms with Crippen LogP contribution in [0.5, 0.6) is 0 Å². The largest absolute Gasteiger partial charge is 0.371 e. The molecule has 3 fully saturated rings. The van der Waals surface area contributed by atoms with Crippen molar-refractivity contribution in [1.29, 1.82) is 0 Å². The summed E-state index contributed by atoms with van der Waals surface area (Å²) in [5.41, 5.74) is 3.54. The number of fused-ring (bicyclic) bond motifs is 1. The van der Waals surface area contributed by atoms with Crippen LogP contribution in [0.2, 0.25) is 0 Å². The Morgan fingerprint density at radius 2 is 1.64 bits per heavy atom. The van der Waals surface area contributed by atoms with Crippen molar-refractivity contribution in [1.82, 2.24) is 9.97 Å². The zero-order chi connectivity index (χ0) is 24.9. The van der Waals surface area contributed by atoms with Crippen LogP contribution in [-0.2, 0) is 0 Å². The number of piperidine rings is 2. The number of benzene rings is 2. The average molecular weight is 603 g/mol. The molecule has 1 N–H and O–H groups in total. The highest BCUT2D eigenvalue weighted by atomic mass is 127. The minimum Gasteiger partial charge on any atom is -0.371 e. The summed E-state index contributed by atoms with van der Waals surface area (Å²) in [5.74, 6) is -2.33. The smallest absolute Gasteiger partial charge is 0.257 e. The van der Waals surface area contributed by atoms with E-state index in [1.54, 1.807) is 11.1 Å². The lowest BCUT2D eigenvalue weighted by Crippen LogP contribution is -2.40. The molecule has 1 amide bonds. The number of carbonyl (C=O) groups is 1. The maximum Gasteiger partial charge on any atom is 0.257 e. The number of nitrogens with zero attached hydrogens (tertiary/aromatic N) is 4. The summed E-state index contributed by atoms with van der Waals surface area (Å²) in [4.78, 5) is 26.5. The summed E-state index contributed by atoms with van der Waals surface area (Å²) >= 11 is 2.30. The second-order valence-corrected chi connectivity index (χ2v) is 11.6. The van der Waals surface area contributed by atoms with Gasteiger partial charge in [-0.1, -0.05) is 0 Å². The van der Waals surface area contributed by atoms with Crippen LogP contribution in [0.15, 0.2) is 42.6 Å². The Balaban J connectivity index is 1.21. The normalized spacial score (nSPS) is 20.5. The van der Waals surface area contributed by atoms with Gasteiger partial charge >= 0.3 is 0 Å². The molecular weight excluding hydrogens is 575 g/mol. The zero-order valence-electron chi connectivity index (χ0n) is 19.9. The van der Waals surface area contributed by atoms with Gasteiger partial charge in [0.1, 0.15) is 0 Å². The quantitative estimate of drug-likeness (QED) is 0.366. The fourth-order valence-corrected chi connectivity index (χ4v) is 5.81. The van der Waals surface area contributed by atoms with Gasteiger partial charge in [-0.15, -0.1) is 0 Å². The van der Waals surface area contributed by atoms with Crippen LogP contribution in [0.3, 0.4) is 0 Å². The first-order valence-corrected chi connectivity index (χ1v) is 13.6. The van der Waals surface area contributed by atoms with E-state index in [4.69, 9.17) is 0 Å². The number of alkyl halides is 2. The van der Waals surface area contributed by atoms with E-state index in [2.05, 4.69) is 48.8 Å². The third kappa shape index (κ3) is 4.86. The number of amides is 1. The summed E-state index contributed by atoms with van der Waals surface area (Å²) in [7, 11) is 0. The molecule has 3 aliphatic rings. The minimum absolute atomic E-state index is 0.153. The first-order valence-electron chi connectivity index (χ1n) is 12.5. The fraction of sp³-hybridized carbons (Fsp3) is 0.444. The summed E-state index contributed by atoms with van der Waals surface area (Å²) in [6, 6.07) is 11.5. The van der Waals surface area contributed by atoms with E-state index < -0.39 is 5.92 Å². The standard InChI is InChI=1S/C27H28F2IN5O/c28-27(29)9-13-35(14-10-27)25-31-17-18-1-3-20(16-22(18)33-25)32-24(36)21-4-2-19(30)15-23(21)34-11-7-26(5-6-26)8-12-34/h1-4,15-17H,5-14H2,(H,32,36). The first kappa shape index (κ1) is 23.8. The molecule has 36 heavy (non-hydrogen) atoms. The van der Waals surface area contributed by atoms with Gasteiger partial charge in [0.05, 0.1) is 16.8 Å². The Morgan fingerprint density at radius 3 is 2.36 bits per heavy atom. The maximum atomic E-state index is 13.6. The number of aromatic nitrogens is 2. The Hall–Kier alpha value is -2.56. The van der Waals surface area contributed by atoms with Crippen LogP contribution >= 0.6 is 22.6 Å². The van der Waals surface area contributed by atoms with Crippen molar-refractivity contribution in [2.24, 2.45) is 5.41 Å². The second kappa shape index (κ2) is 9.08. The molecule has 0 unspecified atom stereocenters. The molecule has 1 saturated carbocycles. The number of carbonyl (C=O) groups excluding carboxylic acids is 1. The molecule has 2 aromatic carbocycles. The molecule has 3 heterocycles. The molecule has 3 aromatic rings. The summed E-state index contributed by atoms with van der Waals surface area (Å²) in [6.45, 7) is 2.42. The number of hydrogen-bond acceptors (Lipinski definition) is 5. The first-order chi connectivity index (χ1) is 17.3. The van der Waals surface area contributed by atoms with Gasteiger partial charge in [0.15, 0.2) is 0 Å². The SMILES string of the molecule is O=C(Nc1ccc2cnc(N3CCC(F)(F)CC3)nc2c1)c1ccc(I)cc1N1CCC2(CC1)CC2. The summed E-state index contributed by atoms with van der Waals surface area (Å²) < 4.78 is 28.2. The number of halogens is 3. The molecule has 0 bridgehead atoms. The van der Waals surface area contributed by atoms with Gasteiger partial charge in [-0.3, -0.25) is 4.79 Å². The van der Waals surface area contributed by atoms with Crippen molar-refractivity contribution in [2.75, 3.05) is 41.3 Å². The van der Waals surface area contributed by atoms with Gasteiger partial charge in [-0.05, 0) is 90.1 Å². The number of rotatable bonds is 4. The van der Waals surface area contributed by atoms with Crippen molar-refractivity contribution in [3.8, 4) is 0 Å². The third-order valence-electron chi connectivity index (χ3n) is 7.93. The van der Waals surface area contributed by atoms with E-state index in [1.807, 2.05) is 30.3 Å². The third-order valence-corrected chi connectivity index (χ3v) is 8.60. The Kier molecular flexibility index (Phi) is 6.00. The Morgan fingerprint density at radius 1 is 0.917 bits per heavy atom. The topological polar surface area (TPSA) is 61.4 Å². The van der Waals surface area contributed by atoms with Crippen molar-refractivity contribution < 1.29 is 13.6 Å². The molecule has 2 aliphatic heterocycles. The lowest BCUT2D eigenvalue weighted by Gasteiger charge is -2.35. The van der Waals surface area contributed by atoms with Gasteiger partial charge in [0.25, 0.3) is 11.8 Å². The molecule has 9 heteroatoms. The maximum absolute atomic E-state index is 13.6. The second-order valence-electron chi connectivity index (χ2n) is 10.4. The van der Waals surface area contributed by atoms with Crippen LogP contribution in [0.25, 0.3) is 10.9 Å². The predicted octanol–water partition coefficient (Wildman–Crippen LogP) is 6.10. The highest BCUT2D eigenvalue weighted by Crippen LogP contribution is 2.54. The van der Waals surface area contributed by atoms with E-state index in [1.165, 1.54) is 25.7 Å². The molecule has 1 aromatic heterocycles. The van der Waals surface area contributed by atoms with E-state index >= 15 is 0 Å². The van der Waals surface area contributed by atoms with Gasteiger partial charge in [-0.2, -0.15) is 0 Å². The number of nitrogens with one attached hydrogen (secondary N) is 1. The molecule has 188 valence electrons. The lowest BCUT2D eigenvalue weighted by atomic mass is 9.93. The summed E-state index contributed by atoms with van der Waals surface area (Å²) in [6.07, 6.45) is 6.40. The molecule has 2 saturated heterocycles. The molecule has 1 spiro atoms. The van der Waals surface area contributed by atoms with Crippen LogP contribution in [0, 0.1) is 8.99 Å². The number of anilines is 3. The minimum atomic E-state index is -2.62. The molecule has 6 rings (SSSR count). The monoisotopic (exact) mass is 603 g/mol. The van der Waals surface area contributed by atoms with Crippen LogP contribution < -0.4 is 15.1 Å². The van der Waals surface area contributed by atoms with Gasteiger partial charge in [0.2, 0.25) is 5.95 Å². The van der Waals surface area contributed by atoms with Crippen molar-refractivity contribution in [3.05, 3.63) is 51.7 Å². The van der Waals surface area contributed by atoms with E-state index in [0.29, 0.717) is 28.1 Å². The Labute approximate surface area is 222 Å². The van der Waals surface area contributed by atoms with Crippen LogP contribution in [0.1, 0.15) is 48.9 Å². The highest BCUT2D eigenvalue weighted by Gasteiger charge is 2.44. The predicted molar refractivity (Wildman–Crippen MR) is 146 cm³/mol. The molecule has 0 atom stereocenters. The molecule has 1 aliphatic carbocycles. The van der Waals surface area contributed by atoms with Crippen LogP contribution in [0.4, 0.5) is 26.1 Å². The fourth-order valence-electron chi connectivity index (χ4n) is 5.33. The molecule has 0 radical (unpaired) electrons. The van der Waals surface area contributed by atoms with Gasteiger partial charge < -0.3 is 15.1 Å². The Bertz CT molecular complexity index is 1310. The number of hydrogen-bond donors (Lipinski definition) is 1. The van der Waals surface area contributed by atoms with Gasteiger partial charge in [0, 0.05) is 59.9 Å². The lowest BCUT2D eigenvalue weighted by molar-refractivity contribution is -0.0222. The molecular formula is C27H28F2IN5O. The van der Waals surface area contributed by atoms with Crippen LogP contribution in [-0.4, -0.2) is 48.0 Å². The van der Waals surface area contributed by atoms with E-state index in [0.717, 1.165) is 27.7 Å². The summed E-state index contributed by atoms with van der Waals surface area (Å²) in [5, 5.41) is 3.88.